The number of likely N-dealkylation sites (tertiary alicyclic amines) is 2. The normalized spacial score (nSPS) is 24.4. The number of hydrogen-bond acceptors (Lipinski definition) is 3. The Hall–Kier alpha value is -1.40. The minimum atomic E-state index is -4.41. The van der Waals surface area contributed by atoms with Crippen LogP contribution < -0.4 is 0 Å². The van der Waals surface area contributed by atoms with Crippen LogP contribution in [0.5, 0.6) is 0 Å². The number of nitrogens with zero attached hydrogens (tertiary/aromatic N) is 2. The highest BCUT2D eigenvalue weighted by atomic mass is 19.4. The molecule has 0 amide bonds. The third-order valence-corrected chi connectivity index (χ3v) is 5.50. The second-order valence-electron chi connectivity index (χ2n) is 7.31. The van der Waals surface area contributed by atoms with Gasteiger partial charge in [0.05, 0.1) is 5.56 Å². The summed E-state index contributed by atoms with van der Waals surface area (Å²) in [5.41, 5.74) is -0.564. The Morgan fingerprint density at radius 3 is 2.52 bits per heavy atom. The second-order valence-corrected chi connectivity index (χ2v) is 7.31. The van der Waals surface area contributed by atoms with Crippen LogP contribution in [-0.2, 0) is 6.18 Å². The zero-order valence-corrected chi connectivity index (χ0v) is 14.6. The molecule has 2 aliphatic rings. The average Bonchev–Trinajstić information content (AvgIpc) is 2.61. The second kappa shape index (κ2) is 7.46. The SMILES string of the molecule is CN1CCC(N2CCC[C@H](C(=O)c3cccc(C(F)(F)F)c3)C2)CC1. The molecule has 2 saturated heterocycles. The molecule has 1 aromatic carbocycles. The van der Waals surface area contributed by atoms with E-state index in [9.17, 15) is 18.0 Å². The lowest BCUT2D eigenvalue weighted by molar-refractivity contribution is -0.137. The van der Waals surface area contributed by atoms with Crippen LogP contribution in [0.4, 0.5) is 13.2 Å². The van der Waals surface area contributed by atoms with E-state index in [2.05, 4.69) is 16.8 Å². The van der Waals surface area contributed by atoms with Crippen LogP contribution in [0.15, 0.2) is 24.3 Å². The summed E-state index contributed by atoms with van der Waals surface area (Å²) in [5, 5.41) is 0. The number of piperidine rings is 2. The van der Waals surface area contributed by atoms with Crippen LogP contribution in [0, 0.1) is 5.92 Å². The van der Waals surface area contributed by atoms with Crippen LogP contribution in [0.2, 0.25) is 0 Å². The molecule has 138 valence electrons. The van der Waals surface area contributed by atoms with Crippen molar-refractivity contribution < 1.29 is 18.0 Å². The van der Waals surface area contributed by atoms with Crippen LogP contribution in [0.3, 0.4) is 0 Å². The molecule has 0 unspecified atom stereocenters. The van der Waals surface area contributed by atoms with Crippen molar-refractivity contribution in [3.05, 3.63) is 35.4 Å². The molecule has 1 atom stereocenters. The zero-order chi connectivity index (χ0) is 18.0. The molecule has 0 aliphatic carbocycles. The zero-order valence-electron chi connectivity index (χ0n) is 14.6. The van der Waals surface area contributed by atoms with E-state index in [0.717, 1.165) is 57.5 Å². The summed E-state index contributed by atoms with van der Waals surface area (Å²) in [6, 6.07) is 5.34. The summed E-state index contributed by atoms with van der Waals surface area (Å²) in [7, 11) is 2.12. The lowest BCUT2D eigenvalue weighted by Crippen LogP contribution is -2.48. The predicted octanol–water partition coefficient (Wildman–Crippen LogP) is 3.69. The molecule has 0 saturated carbocycles. The van der Waals surface area contributed by atoms with E-state index in [1.807, 2.05) is 0 Å². The number of carbonyl (C=O) groups is 1. The van der Waals surface area contributed by atoms with Gasteiger partial charge in [-0.25, -0.2) is 0 Å². The highest BCUT2D eigenvalue weighted by molar-refractivity contribution is 5.98. The highest BCUT2D eigenvalue weighted by Crippen LogP contribution is 2.31. The minimum absolute atomic E-state index is 0.149. The molecule has 3 nitrogen and oxygen atoms in total. The van der Waals surface area contributed by atoms with Gasteiger partial charge in [0.1, 0.15) is 0 Å². The van der Waals surface area contributed by atoms with Gasteiger partial charge in [-0.1, -0.05) is 12.1 Å². The van der Waals surface area contributed by atoms with Gasteiger partial charge in [0.15, 0.2) is 5.78 Å². The lowest BCUT2D eigenvalue weighted by atomic mass is 9.88. The van der Waals surface area contributed by atoms with Gasteiger partial charge in [-0.2, -0.15) is 13.2 Å². The van der Waals surface area contributed by atoms with Gasteiger partial charge >= 0.3 is 6.18 Å². The first-order valence-electron chi connectivity index (χ1n) is 8.98. The van der Waals surface area contributed by atoms with Gasteiger partial charge < -0.3 is 4.90 Å². The molecule has 2 fully saturated rings. The average molecular weight is 354 g/mol. The minimum Gasteiger partial charge on any atom is -0.306 e. The summed E-state index contributed by atoms with van der Waals surface area (Å²) in [6.07, 6.45) is -0.523. The van der Waals surface area contributed by atoms with E-state index in [-0.39, 0.29) is 17.3 Å². The molecular formula is C19H25F3N2O. The van der Waals surface area contributed by atoms with Gasteiger partial charge in [0.2, 0.25) is 0 Å². The van der Waals surface area contributed by atoms with Crippen LogP contribution in [-0.4, -0.2) is 54.9 Å². The summed E-state index contributed by atoms with van der Waals surface area (Å²) in [5.74, 6) is -0.347. The highest BCUT2D eigenvalue weighted by Gasteiger charge is 2.34. The largest absolute Gasteiger partial charge is 0.416 e. The van der Waals surface area contributed by atoms with Crippen LogP contribution >= 0.6 is 0 Å². The Morgan fingerprint density at radius 2 is 1.84 bits per heavy atom. The fraction of sp³-hybridized carbons (Fsp3) is 0.632. The maximum Gasteiger partial charge on any atom is 0.416 e. The number of ketones is 1. The lowest BCUT2D eigenvalue weighted by Gasteiger charge is -2.41. The molecule has 1 aromatic rings. The quantitative estimate of drug-likeness (QED) is 0.774. The van der Waals surface area contributed by atoms with Crippen molar-refractivity contribution in [2.75, 3.05) is 33.2 Å². The molecule has 0 radical (unpaired) electrons. The number of hydrogen-bond donors (Lipinski definition) is 0. The van der Waals surface area contributed by atoms with E-state index >= 15 is 0 Å². The molecule has 2 heterocycles. The van der Waals surface area contributed by atoms with E-state index in [0.29, 0.717) is 12.6 Å². The topological polar surface area (TPSA) is 23.6 Å². The number of carbonyl (C=O) groups excluding carboxylic acids is 1. The van der Waals surface area contributed by atoms with Crippen molar-refractivity contribution in [3.63, 3.8) is 0 Å². The third kappa shape index (κ3) is 4.42. The van der Waals surface area contributed by atoms with E-state index < -0.39 is 11.7 Å². The van der Waals surface area contributed by atoms with Crippen LogP contribution in [0.25, 0.3) is 0 Å². The maximum atomic E-state index is 12.9. The summed E-state index contributed by atoms with van der Waals surface area (Å²) in [6.45, 7) is 3.78. The Labute approximate surface area is 146 Å². The number of rotatable bonds is 3. The Kier molecular flexibility index (Phi) is 5.49. The standard InChI is InChI=1S/C19H25F3N2O/c1-23-10-7-17(8-11-23)24-9-3-5-15(13-24)18(25)14-4-2-6-16(12-14)19(20,21)22/h2,4,6,12,15,17H,3,5,7-11,13H2,1H3/t15-/m0/s1. The number of benzene rings is 1. The first kappa shape index (κ1) is 18.4. The molecule has 25 heavy (non-hydrogen) atoms. The van der Waals surface area contributed by atoms with Crippen molar-refractivity contribution in [1.82, 2.24) is 9.80 Å². The van der Waals surface area contributed by atoms with Crippen molar-refractivity contribution in [1.29, 1.82) is 0 Å². The molecular weight excluding hydrogens is 329 g/mol. The van der Waals surface area contributed by atoms with Gasteiger partial charge in [-0.05, 0) is 64.5 Å². The van der Waals surface area contributed by atoms with Gasteiger partial charge in [0.25, 0.3) is 0 Å². The first-order valence-corrected chi connectivity index (χ1v) is 8.98. The van der Waals surface area contributed by atoms with Crippen LogP contribution in [0.1, 0.15) is 41.6 Å². The van der Waals surface area contributed by atoms with E-state index in [4.69, 9.17) is 0 Å². The molecule has 0 N–H and O–H groups in total. The van der Waals surface area contributed by atoms with E-state index in [1.165, 1.54) is 12.1 Å². The third-order valence-electron chi connectivity index (χ3n) is 5.50. The predicted molar refractivity (Wildman–Crippen MR) is 90.6 cm³/mol. The molecule has 0 bridgehead atoms. The molecule has 3 rings (SSSR count). The maximum absolute atomic E-state index is 12.9. The molecule has 0 spiro atoms. The van der Waals surface area contributed by atoms with Crippen molar-refractivity contribution in [2.45, 2.75) is 37.9 Å². The number of alkyl halides is 3. The summed E-state index contributed by atoms with van der Waals surface area (Å²) >= 11 is 0. The molecule has 0 aromatic heterocycles. The Bertz CT molecular complexity index is 609. The fourth-order valence-corrected chi connectivity index (χ4v) is 4.00. The van der Waals surface area contributed by atoms with Crippen molar-refractivity contribution in [3.8, 4) is 0 Å². The molecule has 2 aliphatic heterocycles. The summed E-state index contributed by atoms with van der Waals surface area (Å²) in [4.78, 5) is 17.4. The van der Waals surface area contributed by atoms with Crippen molar-refractivity contribution in [2.24, 2.45) is 5.92 Å². The fourth-order valence-electron chi connectivity index (χ4n) is 4.00. The van der Waals surface area contributed by atoms with Gasteiger partial charge in [-0.15, -0.1) is 0 Å². The first-order chi connectivity index (χ1) is 11.8. The summed E-state index contributed by atoms with van der Waals surface area (Å²) < 4.78 is 38.7. The van der Waals surface area contributed by atoms with Gasteiger partial charge in [0, 0.05) is 24.1 Å². The number of Topliss-reactive ketones (excluding diaryl/α,β-unsaturated/α-hetero) is 1. The Morgan fingerprint density at radius 1 is 1.12 bits per heavy atom. The van der Waals surface area contributed by atoms with Crippen molar-refractivity contribution >= 4 is 5.78 Å². The molecule has 6 heteroatoms. The van der Waals surface area contributed by atoms with Gasteiger partial charge in [-0.3, -0.25) is 9.69 Å². The smallest absolute Gasteiger partial charge is 0.306 e. The number of halogens is 3. The van der Waals surface area contributed by atoms with E-state index in [1.54, 1.807) is 0 Å². The Balaban J connectivity index is 1.68. The monoisotopic (exact) mass is 354 g/mol.